The second kappa shape index (κ2) is 9.83. The molecule has 0 aliphatic heterocycles. The zero-order valence-corrected chi connectivity index (χ0v) is 18.3. The van der Waals surface area contributed by atoms with Gasteiger partial charge in [-0.2, -0.15) is 0 Å². The van der Waals surface area contributed by atoms with Gasteiger partial charge in [0.25, 0.3) is 10.0 Å². The topological polar surface area (TPSA) is 66.5 Å². The second-order valence-corrected chi connectivity index (χ2v) is 9.91. The quantitative estimate of drug-likeness (QED) is 0.647. The molecule has 0 aromatic heterocycles. The molecule has 156 valence electrons. The summed E-state index contributed by atoms with van der Waals surface area (Å²) in [5, 5.41) is 3.43. The van der Waals surface area contributed by atoms with Gasteiger partial charge in [0, 0.05) is 6.54 Å². The standard InChI is InChI=1S/C21H24Cl2N2O3S/c22-19-12-11-17(13-20(19)23)25(29(27,28)18-9-5-2-6-10-18)15-21(26)24-14-16-7-3-1-4-8-16/h2,5-6,9-13,16H,1,3-4,7-8,14-15H2,(H,24,26). The molecule has 0 atom stereocenters. The van der Waals surface area contributed by atoms with Crippen LogP contribution < -0.4 is 9.62 Å². The average molecular weight is 455 g/mol. The Morgan fingerprint density at radius 2 is 1.69 bits per heavy atom. The summed E-state index contributed by atoms with van der Waals surface area (Å²) in [6.07, 6.45) is 5.79. The van der Waals surface area contributed by atoms with Gasteiger partial charge in [-0.3, -0.25) is 9.10 Å². The summed E-state index contributed by atoms with van der Waals surface area (Å²) in [5.41, 5.74) is 0.288. The molecule has 0 saturated heterocycles. The van der Waals surface area contributed by atoms with E-state index < -0.39 is 10.0 Å². The number of carbonyl (C=O) groups is 1. The fourth-order valence-electron chi connectivity index (χ4n) is 3.51. The van der Waals surface area contributed by atoms with Crippen molar-refractivity contribution in [2.45, 2.75) is 37.0 Å². The lowest BCUT2D eigenvalue weighted by molar-refractivity contribution is -0.119. The molecule has 8 heteroatoms. The molecule has 1 saturated carbocycles. The predicted octanol–water partition coefficient (Wildman–Crippen LogP) is 4.89. The Morgan fingerprint density at radius 1 is 1.00 bits per heavy atom. The number of nitrogens with zero attached hydrogens (tertiary/aromatic N) is 1. The largest absolute Gasteiger partial charge is 0.354 e. The van der Waals surface area contributed by atoms with Crippen LogP contribution in [-0.4, -0.2) is 27.4 Å². The number of carbonyl (C=O) groups excluding carboxylic acids is 1. The third kappa shape index (κ3) is 5.65. The number of rotatable bonds is 7. The van der Waals surface area contributed by atoms with Crippen molar-refractivity contribution in [1.82, 2.24) is 5.32 Å². The Bertz CT molecular complexity index is 946. The Hall–Kier alpha value is -1.76. The van der Waals surface area contributed by atoms with Gasteiger partial charge in [-0.05, 0) is 49.1 Å². The minimum atomic E-state index is -3.95. The van der Waals surface area contributed by atoms with Gasteiger partial charge in [-0.15, -0.1) is 0 Å². The van der Waals surface area contributed by atoms with Gasteiger partial charge in [0.2, 0.25) is 5.91 Å². The van der Waals surface area contributed by atoms with E-state index in [0.717, 1.165) is 17.1 Å². The maximum atomic E-state index is 13.2. The van der Waals surface area contributed by atoms with Crippen molar-refractivity contribution >= 4 is 44.8 Å². The lowest BCUT2D eigenvalue weighted by Crippen LogP contribution is -2.42. The summed E-state index contributed by atoms with van der Waals surface area (Å²) in [7, 11) is -3.95. The number of amides is 1. The van der Waals surface area contributed by atoms with Gasteiger partial charge in [0.05, 0.1) is 20.6 Å². The van der Waals surface area contributed by atoms with Crippen molar-refractivity contribution in [1.29, 1.82) is 0 Å². The van der Waals surface area contributed by atoms with Crippen LogP contribution in [0.5, 0.6) is 0 Å². The second-order valence-electron chi connectivity index (χ2n) is 7.23. The van der Waals surface area contributed by atoms with Crippen LogP contribution in [0, 0.1) is 5.92 Å². The smallest absolute Gasteiger partial charge is 0.264 e. The maximum absolute atomic E-state index is 13.2. The Labute approximate surface area is 182 Å². The van der Waals surface area contributed by atoms with E-state index in [1.165, 1.54) is 43.5 Å². The minimum Gasteiger partial charge on any atom is -0.354 e. The Balaban J connectivity index is 1.82. The van der Waals surface area contributed by atoms with Crippen LogP contribution in [0.25, 0.3) is 0 Å². The first kappa shape index (κ1) is 21.9. The predicted molar refractivity (Wildman–Crippen MR) is 117 cm³/mol. The van der Waals surface area contributed by atoms with Gasteiger partial charge in [0.1, 0.15) is 6.54 Å². The highest BCUT2D eigenvalue weighted by Gasteiger charge is 2.28. The summed E-state index contributed by atoms with van der Waals surface area (Å²) >= 11 is 12.1. The number of halogens is 2. The highest BCUT2D eigenvalue weighted by molar-refractivity contribution is 7.92. The first-order valence-corrected chi connectivity index (χ1v) is 11.9. The first-order valence-electron chi connectivity index (χ1n) is 9.67. The Kier molecular flexibility index (Phi) is 7.44. The fraction of sp³-hybridized carbons (Fsp3) is 0.381. The molecule has 5 nitrogen and oxygen atoms in total. The molecule has 1 fully saturated rings. The molecular formula is C21H24Cl2N2O3S. The minimum absolute atomic E-state index is 0.103. The summed E-state index contributed by atoms with van der Waals surface area (Å²) < 4.78 is 27.6. The molecule has 2 aromatic rings. The molecule has 0 radical (unpaired) electrons. The normalized spacial score (nSPS) is 15.1. The monoisotopic (exact) mass is 454 g/mol. The molecule has 1 N–H and O–H groups in total. The molecule has 3 rings (SSSR count). The Morgan fingerprint density at radius 3 is 2.34 bits per heavy atom. The first-order chi connectivity index (χ1) is 13.9. The van der Waals surface area contributed by atoms with Gasteiger partial charge in [-0.25, -0.2) is 8.42 Å². The lowest BCUT2D eigenvalue weighted by atomic mass is 9.89. The molecule has 1 amide bonds. The molecule has 29 heavy (non-hydrogen) atoms. The van der Waals surface area contributed by atoms with Crippen molar-refractivity contribution in [2.75, 3.05) is 17.4 Å². The molecule has 2 aromatic carbocycles. The van der Waals surface area contributed by atoms with E-state index in [-0.39, 0.29) is 28.1 Å². The highest BCUT2D eigenvalue weighted by atomic mass is 35.5. The van der Waals surface area contributed by atoms with Crippen molar-refractivity contribution < 1.29 is 13.2 Å². The number of benzene rings is 2. The number of sulfonamides is 1. The van der Waals surface area contributed by atoms with Crippen molar-refractivity contribution in [3.05, 3.63) is 58.6 Å². The molecule has 1 aliphatic carbocycles. The van der Waals surface area contributed by atoms with Crippen LogP contribution in [0.3, 0.4) is 0 Å². The van der Waals surface area contributed by atoms with Crippen LogP contribution in [0.15, 0.2) is 53.4 Å². The van der Waals surface area contributed by atoms with Gasteiger partial charge >= 0.3 is 0 Å². The van der Waals surface area contributed by atoms with E-state index >= 15 is 0 Å². The molecule has 0 heterocycles. The highest BCUT2D eigenvalue weighted by Crippen LogP contribution is 2.30. The lowest BCUT2D eigenvalue weighted by Gasteiger charge is -2.26. The van der Waals surface area contributed by atoms with Crippen molar-refractivity contribution in [2.24, 2.45) is 5.92 Å². The third-order valence-corrected chi connectivity index (χ3v) is 7.65. The van der Waals surface area contributed by atoms with Crippen LogP contribution in [0.2, 0.25) is 10.0 Å². The van der Waals surface area contributed by atoms with Crippen LogP contribution in [0.4, 0.5) is 5.69 Å². The summed E-state index contributed by atoms with van der Waals surface area (Å²) in [4.78, 5) is 12.7. The number of hydrogen-bond acceptors (Lipinski definition) is 3. The van der Waals surface area contributed by atoms with E-state index in [4.69, 9.17) is 23.2 Å². The van der Waals surface area contributed by atoms with Crippen LogP contribution in [-0.2, 0) is 14.8 Å². The summed E-state index contributed by atoms with van der Waals surface area (Å²) in [6.45, 7) is 0.237. The molecule has 1 aliphatic rings. The third-order valence-electron chi connectivity index (χ3n) is 5.12. The van der Waals surface area contributed by atoms with Gasteiger partial charge < -0.3 is 5.32 Å². The van der Waals surface area contributed by atoms with Crippen LogP contribution in [0.1, 0.15) is 32.1 Å². The van der Waals surface area contributed by atoms with E-state index in [9.17, 15) is 13.2 Å². The zero-order chi connectivity index (χ0) is 20.9. The SMILES string of the molecule is O=C(CN(c1ccc(Cl)c(Cl)c1)S(=O)(=O)c1ccccc1)NCC1CCCCC1. The fourth-order valence-corrected chi connectivity index (χ4v) is 5.24. The van der Waals surface area contributed by atoms with E-state index in [1.54, 1.807) is 24.3 Å². The molecular weight excluding hydrogens is 431 g/mol. The van der Waals surface area contributed by atoms with Gasteiger partial charge in [0.15, 0.2) is 0 Å². The van der Waals surface area contributed by atoms with Crippen molar-refractivity contribution in [3.8, 4) is 0 Å². The van der Waals surface area contributed by atoms with E-state index in [1.807, 2.05) is 0 Å². The maximum Gasteiger partial charge on any atom is 0.264 e. The summed E-state index contributed by atoms with van der Waals surface area (Å²) in [6, 6.07) is 12.5. The van der Waals surface area contributed by atoms with E-state index in [2.05, 4.69) is 5.32 Å². The number of anilines is 1. The average Bonchev–Trinajstić information content (AvgIpc) is 2.74. The molecule has 0 unspecified atom stereocenters. The number of nitrogens with one attached hydrogen (secondary N) is 1. The van der Waals surface area contributed by atoms with Gasteiger partial charge in [-0.1, -0.05) is 60.7 Å². The molecule has 0 spiro atoms. The summed E-state index contributed by atoms with van der Waals surface area (Å²) in [5.74, 6) is 0.109. The molecule has 0 bridgehead atoms. The number of hydrogen-bond donors (Lipinski definition) is 1. The zero-order valence-electron chi connectivity index (χ0n) is 16.0. The van der Waals surface area contributed by atoms with E-state index in [0.29, 0.717) is 17.5 Å². The van der Waals surface area contributed by atoms with Crippen LogP contribution >= 0.6 is 23.2 Å². The van der Waals surface area contributed by atoms with Crippen molar-refractivity contribution in [3.63, 3.8) is 0 Å².